The van der Waals surface area contributed by atoms with Crippen molar-refractivity contribution in [1.82, 2.24) is 0 Å². The molecule has 0 spiro atoms. The van der Waals surface area contributed by atoms with E-state index in [0.717, 1.165) is 0 Å². The molecule has 1 aliphatic carbocycles. The normalized spacial score (nSPS) is 16.2. The molecule has 1 aromatic rings. The number of aliphatic carboxylic acids is 1. The first-order valence-corrected chi connectivity index (χ1v) is 5.41. The highest BCUT2D eigenvalue weighted by Gasteiger charge is 2.50. The quantitative estimate of drug-likeness (QED) is 0.710. The Morgan fingerprint density at radius 2 is 2.00 bits per heavy atom. The predicted molar refractivity (Wildman–Crippen MR) is 62.8 cm³/mol. The SMILES string of the molecule is NC(=O)c1ccccc1NCC1(C(=O)O)CC1. The van der Waals surface area contributed by atoms with Gasteiger partial charge in [0.2, 0.25) is 0 Å². The number of nitrogens with two attached hydrogens (primary N) is 1. The number of benzene rings is 1. The summed E-state index contributed by atoms with van der Waals surface area (Å²) in [6.45, 7) is 0.326. The van der Waals surface area contributed by atoms with Gasteiger partial charge in [-0.05, 0) is 25.0 Å². The minimum absolute atomic E-state index is 0.326. The van der Waals surface area contributed by atoms with Gasteiger partial charge in [0.25, 0.3) is 5.91 Å². The van der Waals surface area contributed by atoms with Crippen molar-refractivity contribution >= 4 is 17.6 Å². The van der Waals surface area contributed by atoms with Gasteiger partial charge >= 0.3 is 5.97 Å². The van der Waals surface area contributed by atoms with E-state index in [4.69, 9.17) is 10.8 Å². The molecular formula is C12H14N2O3. The van der Waals surface area contributed by atoms with Crippen molar-refractivity contribution in [3.8, 4) is 0 Å². The summed E-state index contributed by atoms with van der Waals surface area (Å²) in [6.07, 6.45) is 1.35. The Hall–Kier alpha value is -2.04. The maximum atomic E-state index is 11.2. The van der Waals surface area contributed by atoms with Gasteiger partial charge in [0, 0.05) is 12.2 Å². The molecule has 1 aromatic carbocycles. The number of anilines is 1. The molecule has 1 fully saturated rings. The van der Waals surface area contributed by atoms with Crippen LogP contribution in [-0.4, -0.2) is 23.5 Å². The van der Waals surface area contributed by atoms with E-state index in [1.54, 1.807) is 24.3 Å². The third kappa shape index (κ3) is 2.22. The van der Waals surface area contributed by atoms with Gasteiger partial charge in [0.05, 0.1) is 11.0 Å². The lowest BCUT2D eigenvalue weighted by Gasteiger charge is -2.14. The van der Waals surface area contributed by atoms with Crippen LogP contribution in [0.25, 0.3) is 0 Å². The van der Waals surface area contributed by atoms with Crippen LogP contribution in [0.2, 0.25) is 0 Å². The first-order valence-electron chi connectivity index (χ1n) is 5.41. The van der Waals surface area contributed by atoms with E-state index in [1.165, 1.54) is 0 Å². The first kappa shape index (κ1) is 11.4. The summed E-state index contributed by atoms with van der Waals surface area (Å²) in [5.41, 5.74) is 5.55. The second-order valence-electron chi connectivity index (χ2n) is 4.35. The number of carbonyl (C=O) groups excluding carboxylic acids is 1. The number of carbonyl (C=O) groups is 2. The molecule has 0 bridgehead atoms. The summed E-state index contributed by atoms with van der Waals surface area (Å²) in [5, 5.41) is 12.0. The maximum Gasteiger partial charge on any atom is 0.311 e. The number of carboxylic acids is 1. The van der Waals surface area contributed by atoms with Gasteiger partial charge in [-0.2, -0.15) is 0 Å². The standard InChI is InChI=1S/C12H14N2O3/c13-10(15)8-3-1-2-4-9(8)14-7-12(5-6-12)11(16)17/h1-4,14H,5-7H2,(H2,13,15)(H,16,17). The zero-order valence-electron chi connectivity index (χ0n) is 9.27. The summed E-state index contributed by atoms with van der Waals surface area (Å²) in [6, 6.07) is 6.83. The Labute approximate surface area is 98.6 Å². The highest BCUT2D eigenvalue weighted by atomic mass is 16.4. The minimum Gasteiger partial charge on any atom is -0.481 e. The number of hydrogen-bond donors (Lipinski definition) is 3. The summed E-state index contributed by atoms with van der Waals surface area (Å²) >= 11 is 0. The highest BCUT2D eigenvalue weighted by Crippen LogP contribution is 2.45. The molecule has 0 aromatic heterocycles. The van der Waals surface area contributed by atoms with Gasteiger partial charge < -0.3 is 16.2 Å². The Morgan fingerprint density at radius 1 is 1.35 bits per heavy atom. The predicted octanol–water partition coefficient (Wildman–Crippen LogP) is 1.06. The molecule has 17 heavy (non-hydrogen) atoms. The van der Waals surface area contributed by atoms with Crippen LogP contribution in [0.15, 0.2) is 24.3 Å². The number of carboxylic acid groups (broad SMARTS) is 1. The summed E-state index contributed by atoms with van der Waals surface area (Å²) in [4.78, 5) is 22.2. The van der Waals surface area contributed by atoms with Crippen molar-refractivity contribution in [2.45, 2.75) is 12.8 Å². The minimum atomic E-state index is -0.790. The molecule has 0 atom stereocenters. The van der Waals surface area contributed by atoms with Crippen LogP contribution in [0.1, 0.15) is 23.2 Å². The summed E-state index contributed by atoms with van der Waals surface area (Å²) in [5.74, 6) is -1.31. The van der Waals surface area contributed by atoms with E-state index in [9.17, 15) is 9.59 Å². The largest absolute Gasteiger partial charge is 0.481 e. The molecule has 0 radical (unpaired) electrons. The molecular weight excluding hydrogens is 220 g/mol. The van der Waals surface area contributed by atoms with E-state index in [2.05, 4.69) is 5.32 Å². The van der Waals surface area contributed by atoms with Crippen LogP contribution in [-0.2, 0) is 4.79 Å². The molecule has 0 unspecified atom stereocenters. The third-order valence-electron chi connectivity index (χ3n) is 3.12. The summed E-state index contributed by atoms with van der Waals surface area (Å²) < 4.78 is 0. The van der Waals surface area contributed by atoms with Crippen molar-refractivity contribution < 1.29 is 14.7 Å². The van der Waals surface area contributed by atoms with Crippen LogP contribution < -0.4 is 11.1 Å². The number of nitrogens with one attached hydrogen (secondary N) is 1. The molecule has 1 saturated carbocycles. The van der Waals surface area contributed by atoms with Gasteiger partial charge in [-0.25, -0.2) is 0 Å². The highest BCUT2D eigenvalue weighted by molar-refractivity contribution is 5.98. The molecule has 5 nitrogen and oxygen atoms in total. The molecule has 1 aliphatic rings. The van der Waals surface area contributed by atoms with Gasteiger partial charge in [-0.1, -0.05) is 12.1 Å². The molecule has 5 heteroatoms. The first-order chi connectivity index (χ1) is 8.05. The van der Waals surface area contributed by atoms with Crippen LogP contribution >= 0.6 is 0 Å². The van der Waals surface area contributed by atoms with Gasteiger partial charge in [0.15, 0.2) is 0 Å². The summed E-state index contributed by atoms with van der Waals surface area (Å²) in [7, 11) is 0. The molecule has 2 rings (SSSR count). The lowest BCUT2D eigenvalue weighted by atomic mass is 10.1. The number of hydrogen-bond acceptors (Lipinski definition) is 3. The van der Waals surface area contributed by atoms with Gasteiger partial charge in [-0.15, -0.1) is 0 Å². The molecule has 0 saturated heterocycles. The zero-order chi connectivity index (χ0) is 12.5. The lowest BCUT2D eigenvalue weighted by molar-refractivity contribution is -0.142. The number of primary amides is 1. The molecule has 1 amide bonds. The van der Waals surface area contributed by atoms with E-state index < -0.39 is 17.3 Å². The average Bonchev–Trinajstić information content (AvgIpc) is 3.07. The molecule has 0 aliphatic heterocycles. The van der Waals surface area contributed by atoms with E-state index in [1.807, 2.05) is 0 Å². The van der Waals surface area contributed by atoms with E-state index >= 15 is 0 Å². The second-order valence-corrected chi connectivity index (χ2v) is 4.35. The van der Waals surface area contributed by atoms with Crippen molar-refractivity contribution in [3.63, 3.8) is 0 Å². The van der Waals surface area contributed by atoms with Gasteiger partial charge in [0.1, 0.15) is 0 Å². The second kappa shape index (κ2) is 4.08. The average molecular weight is 234 g/mol. The fourth-order valence-corrected chi connectivity index (χ4v) is 1.73. The monoisotopic (exact) mass is 234 g/mol. The molecule has 0 heterocycles. The Bertz CT molecular complexity index is 467. The lowest BCUT2D eigenvalue weighted by Crippen LogP contribution is -2.25. The fraction of sp³-hybridized carbons (Fsp3) is 0.333. The van der Waals surface area contributed by atoms with Crippen molar-refractivity contribution in [3.05, 3.63) is 29.8 Å². The Balaban J connectivity index is 2.09. The topological polar surface area (TPSA) is 92.4 Å². The van der Waals surface area contributed by atoms with Crippen LogP contribution in [0.4, 0.5) is 5.69 Å². The van der Waals surface area contributed by atoms with Crippen molar-refractivity contribution in [2.24, 2.45) is 11.1 Å². The number of amides is 1. The van der Waals surface area contributed by atoms with Crippen molar-refractivity contribution in [2.75, 3.05) is 11.9 Å². The number of para-hydroxylation sites is 1. The van der Waals surface area contributed by atoms with Gasteiger partial charge in [-0.3, -0.25) is 9.59 Å². The zero-order valence-corrected chi connectivity index (χ0v) is 9.27. The van der Waals surface area contributed by atoms with Crippen LogP contribution in [0, 0.1) is 5.41 Å². The third-order valence-corrected chi connectivity index (χ3v) is 3.12. The number of rotatable bonds is 5. The van der Waals surface area contributed by atoms with Crippen LogP contribution in [0.3, 0.4) is 0 Å². The molecule has 90 valence electrons. The van der Waals surface area contributed by atoms with E-state index in [0.29, 0.717) is 30.6 Å². The molecule has 4 N–H and O–H groups in total. The fourth-order valence-electron chi connectivity index (χ4n) is 1.73. The van der Waals surface area contributed by atoms with Crippen molar-refractivity contribution in [1.29, 1.82) is 0 Å². The Morgan fingerprint density at radius 3 is 2.53 bits per heavy atom. The maximum absolute atomic E-state index is 11.2. The van der Waals surface area contributed by atoms with E-state index in [-0.39, 0.29) is 0 Å². The Kier molecular flexibility index (Phi) is 2.75. The van der Waals surface area contributed by atoms with Crippen LogP contribution in [0.5, 0.6) is 0 Å². The smallest absolute Gasteiger partial charge is 0.311 e.